The second kappa shape index (κ2) is 6.98. The van der Waals surface area contributed by atoms with E-state index < -0.39 is 16.1 Å². The van der Waals surface area contributed by atoms with E-state index >= 15 is 0 Å². The third-order valence-electron chi connectivity index (χ3n) is 3.77. The van der Waals surface area contributed by atoms with Crippen molar-refractivity contribution < 1.29 is 13.2 Å². The summed E-state index contributed by atoms with van der Waals surface area (Å²) in [7, 11) is -3.36. The molecule has 2 rings (SSSR count). The maximum absolute atomic E-state index is 12.4. The maximum atomic E-state index is 12.4. The number of aryl methyl sites for hydroxylation is 1. The van der Waals surface area contributed by atoms with Gasteiger partial charge in [-0.2, -0.15) is 4.31 Å². The Morgan fingerprint density at radius 3 is 2.82 bits per heavy atom. The van der Waals surface area contributed by atoms with Gasteiger partial charge in [0.1, 0.15) is 6.04 Å². The fourth-order valence-electron chi connectivity index (χ4n) is 2.61. The molecule has 0 bridgehead atoms. The van der Waals surface area contributed by atoms with E-state index in [0.29, 0.717) is 36.5 Å². The average Bonchev–Trinajstić information content (AvgIpc) is 2.93. The topological polar surface area (TPSA) is 66.5 Å². The van der Waals surface area contributed by atoms with E-state index in [4.69, 9.17) is 11.6 Å². The van der Waals surface area contributed by atoms with Crippen molar-refractivity contribution in [1.82, 2.24) is 4.31 Å². The second-order valence-electron chi connectivity index (χ2n) is 5.54. The van der Waals surface area contributed by atoms with Crippen LogP contribution < -0.4 is 5.32 Å². The summed E-state index contributed by atoms with van der Waals surface area (Å²) in [5, 5.41) is 3.34. The smallest absolute Gasteiger partial charge is 0.242 e. The van der Waals surface area contributed by atoms with E-state index in [2.05, 4.69) is 5.32 Å². The second-order valence-corrected chi connectivity index (χ2v) is 7.99. The van der Waals surface area contributed by atoms with Crippen LogP contribution in [0.3, 0.4) is 0 Å². The normalized spacial score (nSPS) is 19.3. The molecule has 1 N–H and O–H groups in total. The summed E-state index contributed by atoms with van der Waals surface area (Å²) in [4.78, 5) is 12.4. The van der Waals surface area contributed by atoms with Crippen molar-refractivity contribution in [2.45, 2.75) is 39.2 Å². The molecule has 1 saturated heterocycles. The van der Waals surface area contributed by atoms with Crippen LogP contribution >= 0.6 is 11.6 Å². The summed E-state index contributed by atoms with van der Waals surface area (Å²) in [6.07, 6.45) is 1.80. The van der Waals surface area contributed by atoms with Crippen LogP contribution in [0, 0.1) is 6.92 Å². The molecule has 1 unspecified atom stereocenters. The Hall–Kier alpha value is -1.11. The fourth-order valence-corrected chi connectivity index (χ4v) is 4.53. The van der Waals surface area contributed by atoms with Crippen molar-refractivity contribution in [1.29, 1.82) is 0 Å². The highest BCUT2D eigenvalue weighted by molar-refractivity contribution is 7.89. The summed E-state index contributed by atoms with van der Waals surface area (Å²) in [5.74, 6) is -0.218. The fraction of sp³-hybridized carbons (Fsp3) is 0.533. The maximum Gasteiger partial charge on any atom is 0.242 e. The molecule has 1 aromatic carbocycles. The summed E-state index contributed by atoms with van der Waals surface area (Å²) in [6.45, 7) is 4.11. The molecule has 0 radical (unpaired) electrons. The number of nitrogens with one attached hydrogen (secondary N) is 1. The lowest BCUT2D eigenvalue weighted by Crippen LogP contribution is -2.44. The van der Waals surface area contributed by atoms with Crippen molar-refractivity contribution in [3.63, 3.8) is 0 Å². The predicted molar refractivity (Wildman–Crippen MR) is 88.6 cm³/mol. The molecule has 1 fully saturated rings. The highest BCUT2D eigenvalue weighted by Crippen LogP contribution is 2.25. The molecular formula is C15H21ClN2O3S. The lowest BCUT2D eigenvalue weighted by atomic mass is 10.2. The molecule has 1 aliphatic rings. The van der Waals surface area contributed by atoms with Crippen LogP contribution in [0.5, 0.6) is 0 Å². The number of hydrogen-bond acceptors (Lipinski definition) is 3. The van der Waals surface area contributed by atoms with Crippen molar-refractivity contribution >= 4 is 33.2 Å². The lowest BCUT2D eigenvalue weighted by molar-refractivity contribution is -0.119. The van der Waals surface area contributed by atoms with E-state index in [1.165, 1.54) is 4.31 Å². The number of rotatable bonds is 5. The van der Waals surface area contributed by atoms with Gasteiger partial charge in [-0.25, -0.2) is 8.42 Å². The van der Waals surface area contributed by atoms with Crippen molar-refractivity contribution in [2.24, 2.45) is 0 Å². The van der Waals surface area contributed by atoms with Gasteiger partial charge >= 0.3 is 0 Å². The quantitative estimate of drug-likeness (QED) is 0.893. The van der Waals surface area contributed by atoms with Gasteiger partial charge in [-0.15, -0.1) is 0 Å². The number of sulfonamides is 1. The van der Waals surface area contributed by atoms with Crippen LogP contribution in [-0.2, 0) is 14.8 Å². The number of carbonyl (C=O) groups is 1. The number of benzene rings is 1. The molecule has 7 heteroatoms. The number of carbonyl (C=O) groups excluding carboxylic acids is 1. The number of nitrogens with zero attached hydrogens (tertiary/aromatic N) is 1. The Morgan fingerprint density at radius 1 is 1.45 bits per heavy atom. The molecule has 5 nitrogen and oxygen atoms in total. The van der Waals surface area contributed by atoms with Crippen molar-refractivity contribution in [3.8, 4) is 0 Å². The first-order valence-corrected chi connectivity index (χ1v) is 9.40. The molecule has 122 valence electrons. The Balaban J connectivity index is 2.12. The van der Waals surface area contributed by atoms with E-state index in [0.717, 1.165) is 5.56 Å². The highest BCUT2D eigenvalue weighted by atomic mass is 35.5. The Kier molecular flexibility index (Phi) is 5.47. The van der Waals surface area contributed by atoms with Crippen LogP contribution in [0.1, 0.15) is 31.7 Å². The van der Waals surface area contributed by atoms with Crippen molar-refractivity contribution in [3.05, 3.63) is 28.8 Å². The molecule has 1 heterocycles. The number of anilines is 1. The molecule has 1 atom stereocenters. The zero-order valence-corrected chi connectivity index (χ0v) is 14.4. The van der Waals surface area contributed by atoms with Gasteiger partial charge in [0.05, 0.1) is 5.75 Å². The number of halogens is 1. The number of hydrogen-bond donors (Lipinski definition) is 1. The Morgan fingerprint density at radius 2 is 2.18 bits per heavy atom. The largest absolute Gasteiger partial charge is 0.325 e. The minimum atomic E-state index is -3.36. The minimum Gasteiger partial charge on any atom is -0.325 e. The Labute approximate surface area is 136 Å². The van der Waals surface area contributed by atoms with Crippen LogP contribution in [0.4, 0.5) is 5.69 Å². The minimum absolute atomic E-state index is 0.0765. The molecule has 0 aliphatic carbocycles. The molecular weight excluding hydrogens is 324 g/mol. The summed E-state index contributed by atoms with van der Waals surface area (Å²) < 4.78 is 25.8. The van der Waals surface area contributed by atoms with Crippen LogP contribution in [-0.4, -0.2) is 37.0 Å². The predicted octanol–water partition coefficient (Wildman–Crippen LogP) is 2.79. The molecule has 1 amide bonds. The van der Waals surface area contributed by atoms with Crippen LogP contribution in [0.15, 0.2) is 18.2 Å². The van der Waals surface area contributed by atoms with Gasteiger partial charge in [0.15, 0.2) is 0 Å². The first-order valence-electron chi connectivity index (χ1n) is 7.41. The first-order chi connectivity index (χ1) is 10.3. The molecule has 0 aromatic heterocycles. The molecule has 0 spiro atoms. The summed E-state index contributed by atoms with van der Waals surface area (Å²) >= 11 is 6.04. The standard InChI is InChI=1S/C15H21ClN2O3S/c1-3-9-22(20,21)18-8-4-5-14(18)15(19)17-12-7-6-11(2)13(16)10-12/h6-7,10,14H,3-5,8-9H2,1-2H3,(H,17,19). The van der Waals surface area contributed by atoms with Crippen LogP contribution in [0.25, 0.3) is 0 Å². The molecule has 22 heavy (non-hydrogen) atoms. The van der Waals surface area contributed by atoms with Gasteiger partial charge in [-0.05, 0) is 43.9 Å². The van der Waals surface area contributed by atoms with Gasteiger partial charge in [0.2, 0.25) is 15.9 Å². The number of amides is 1. The van der Waals surface area contributed by atoms with E-state index in [1.807, 2.05) is 19.9 Å². The zero-order valence-electron chi connectivity index (χ0n) is 12.8. The third-order valence-corrected chi connectivity index (χ3v) is 6.25. The summed E-state index contributed by atoms with van der Waals surface area (Å²) in [6, 6.07) is 4.63. The van der Waals surface area contributed by atoms with Gasteiger partial charge in [0, 0.05) is 17.3 Å². The van der Waals surface area contributed by atoms with E-state index in [-0.39, 0.29) is 11.7 Å². The van der Waals surface area contributed by atoms with Crippen LogP contribution in [0.2, 0.25) is 5.02 Å². The molecule has 0 saturated carbocycles. The van der Waals surface area contributed by atoms with Gasteiger partial charge in [0.25, 0.3) is 0 Å². The Bertz CT molecular complexity index is 661. The van der Waals surface area contributed by atoms with E-state index in [9.17, 15) is 13.2 Å². The summed E-state index contributed by atoms with van der Waals surface area (Å²) in [5.41, 5.74) is 1.51. The third kappa shape index (κ3) is 3.80. The first kappa shape index (κ1) is 17.2. The van der Waals surface area contributed by atoms with Gasteiger partial charge in [-0.1, -0.05) is 24.6 Å². The van der Waals surface area contributed by atoms with Gasteiger partial charge < -0.3 is 5.32 Å². The highest BCUT2D eigenvalue weighted by Gasteiger charge is 2.38. The average molecular weight is 345 g/mol. The zero-order chi connectivity index (χ0) is 16.3. The monoisotopic (exact) mass is 344 g/mol. The van der Waals surface area contributed by atoms with Gasteiger partial charge in [-0.3, -0.25) is 4.79 Å². The molecule has 1 aromatic rings. The van der Waals surface area contributed by atoms with Crippen molar-refractivity contribution in [2.75, 3.05) is 17.6 Å². The SMILES string of the molecule is CCCS(=O)(=O)N1CCCC1C(=O)Nc1ccc(C)c(Cl)c1. The van der Waals surface area contributed by atoms with E-state index in [1.54, 1.807) is 12.1 Å². The molecule has 1 aliphatic heterocycles. The lowest BCUT2D eigenvalue weighted by Gasteiger charge is -2.23.